The van der Waals surface area contributed by atoms with Crippen LogP contribution in [0.5, 0.6) is 0 Å². The zero-order chi connectivity index (χ0) is 16.3. The molecular weight excluding hydrogens is 288 g/mol. The highest BCUT2D eigenvalue weighted by molar-refractivity contribution is 5.80. The molecule has 2 rings (SSSR count). The molecule has 8 heteroatoms. The zero-order valence-electron chi connectivity index (χ0n) is 12.6. The van der Waals surface area contributed by atoms with Gasteiger partial charge in [-0.25, -0.2) is 14.3 Å². The van der Waals surface area contributed by atoms with E-state index in [-0.39, 0.29) is 6.54 Å². The van der Waals surface area contributed by atoms with Gasteiger partial charge >= 0.3 is 12.1 Å². The van der Waals surface area contributed by atoms with Gasteiger partial charge in [-0.3, -0.25) is 0 Å². The molecule has 0 bridgehead atoms. The van der Waals surface area contributed by atoms with Crippen molar-refractivity contribution in [1.29, 1.82) is 0 Å². The lowest BCUT2D eigenvalue weighted by Gasteiger charge is -2.22. The van der Waals surface area contributed by atoms with Gasteiger partial charge in [-0.2, -0.15) is 0 Å². The van der Waals surface area contributed by atoms with Gasteiger partial charge in [0.25, 0.3) is 0 Å². The summed E-state index contributed by atoms with van der Waals surface area (Å²) in [6.07, 6.45) is -0.788. The lowest BCUT2D eigenvalue weighted by atomic mass is 10.2. The molecule has 0 aliphatic carbocycles. The van der Waals surface area contributed by atoms with E-state index in [1.807, 2.05) is 6.07 Å². The number of nitrogens with zero attached hydrogens (tertiary/aromatic N) is 3. The summed E-state index contributed by atoms with van der Waals surface area (Å²) >= 11 is 0. The number of carboxylic acid groups (broad SMARTS) is 1. The summed E-state index contributed by atoms with van der Waals surface area (Å²) in [6.45, 7) is 5.06. The third-order valence-corrected chi connectivity index (χ3v) is 2.76. The minimum Gasteiger partial charge on any atom is -0.480 e. The van der Waals surface area contributed by atoms with Gasteiger partial charge < -0.3 is 15.2 Å². The quantitative estimate of drug-likeness (QED) is 0.884. The Morgan fingerprint density at radius 1 is 1.36 bits per heavy atom. The number of alkyl carbamates (subject to hydrolysis) is 1. The van der Waals surface area contributed by atoms with Crippen LogP contribution >= 0.6 is 0 Å². The molecule has 1 atom stereocenters. The third kappa shape index (κ3) is 3.94. The van der Waals surface area contributed by atoms with E-state index >= 15 is 0 Å². The topological polar surface area (TPSA) is 106 Å². The van der Waals surface area contributed by atoms with Gasteiger partial charge in [0.05, 0.1) is 12.1 Å². The summed E-state index contributed by atoms with van der Waals surface area (Å²) in [6, 6.07) is 6.01. The molecule has 0 unspecified atom stereocenters. The van der Waals surface area contributed by atoms with Gasteiger partial charge in [-0.15, -0.1) is 5.10 Å². The van der Waals surface area contributed by atoms with Crippen molar-refractivity contribution in [3.8, 4) is 0 Å². The molecule has 0 saturated carbocycles. The Balaban J connectivity index is 2.12. The summed E-state index contributed by atoms with van der Waals surface area (Å²) in [4.78, 5) is 23.1. The largest absolute Gasteiger partial charge is 0.480 e. The first-order valence-electron chi connectivity index (χ1n) is 6.77. The Hall–Kier alpha value is -2.64. The first-order chi connectivity index (χ1) is 10.3. The van der Waals surface area contributed by atoms with Crippen LogP contribution < -0.4 is 5.32 Å². The van der Waals surface area contributed by atoms with Crippen LogP contribution in [-0.2, 0) is 16.1 Å². The average Bonchev–Trinajstić information content (AvgIpc) is 2.79. The second kappa shape index (κ2) is 6.00. The predicted octanol–water partition coefficient (Wildman–Crippen LogP) is 1.41. The number of rotatable bonds is 4. The van der Waals surface area contributed by atoms with Crippen LogP contribution in [0.4, 0.5) is 4.79 Å². The van der Waals surface area contributed by atoms with Crippen molar-refractivity contribution < 1.29 is 19.4 Å². The lowest BCUT2D eigenvalue weighted by molar-refractivity contribution is -0.139. The van der Waals surface area contributed by atoms with E-state index in [1.165, 1.54) is 4.68 Å². The highest BCUT2D eigenvalue weighted by Crippen LogP contribution is 2.11. The van der Waals surface area contributed by atoms with E-state index < -0.39 is 23.7 Å². The highest BCUT2D eigenvalue weighted by atomic mass is 16.6. The number of carboxylic acids is 1. The lowest BCUT2D eigenvalue weighted by Crippen LogP contribution is -2.45. The zero-order valence-corrected chi connectivity index (χ0v) is 12.6. The molecule has 0 aliphatic rings. The number of carbonyl (C=O) groups is 2. The molecule has 0 aliphatic heterocycles. The van der Waals surface area contributed by atoms with Crippen LogP contribution in [0.3, 0.4) is 0 Å². The van der Waals surface area contributed by atoms with Crippen LogP contribution in [-0.4, -0.2) is 43.8 Å². The molecule has 1 heterocycles. The van der Waals surface area contributed by atoms with Gasteiger partial charge in [0.1, 0.15) is 17.2 Å². The number of carbonyl (C=O) groups excluding carboxylic acids is 1. The normalized spacial score (nSPS) is 12.9. The van der Waals surface area contributed by atoms with E-state index in [4.69, 9.17) is 4.74 Å². The van der Waals surface area contributed by atoms with Crippen molar-refractivity contribution in [3.63, 3.8) is 0 Å². The molecule has 0 radical (unpaired) electrons. The number of amides is 1. The second-order valence-corrected chi connectivity index (χ2v) is 5.80. The van der Waals surface area contributed by atoms with Crippen LogP contribution in [0.15, 0.2) is 24.3 Å². The Labute approximate surface area is 127 Å². The number of hydrogen-bond donors (Lipinski definition) is 2. The molecule has 1 amide bonds. The van der Waals surface area contributed by atoms with Crippen LogP contribution in [0.25, 0.3) is 11.0 Å². The van der Waals surface area contributed by atoms with Gasteiger partial charge in [0.15, 0.2) is 0 Å². The molecule has 2 aromatic rings. The van der Waals surface area contributed by atoms with Crippen LogP contribution in [0, 0.1) is 0 Å². The molecule has 0 fully saturated rings. The maximum atomic E-state index is 11.7. The maximum absolute atomic E-state index is 11.7. The summed E-state index contributed by atoms with van der Waals surface area (Å²) in [7, 11) is 0. The van der Waals surface area contributed by atoms with Crippen molar-refractivity contribution in [2.45, 2.75) is 39.0 Å². The minimum absolute atomic E-state index is 0.0465. The number of fused-ring (bicyclic) bond motifs is 1. The van der Waals surface area contributed by atoms with Crippen molar-refractivity contribution in [2.75, 3.05) is 0 Å². The first kappa shape index (κ1) is 15.7. The fourth-order valence-corrected chi connectivity index (χ4v) is 1.86. The van der Waals surface area contributed by atoms with Crippen LogP contribution in [0.1, 0.15) is 20.8 Å². The number of aliphatic carboxylic acids is 1. The molecule has 0 saturated heterocycles. The van der Waals surface area contributed by atoms with Gasteiger partial charge in [-0.05, 0) is 32.9 Å². The van der Waals surface area contributed by atoms with Gasteiger partial charge in [0, 0.05) is 0 Å². The van der Waals surface area contributed by atoms with E-state index in [0.29, 0.717) is 11.0 Å². The number of ether oxygens (including phenoxy) is 1. The van der Waals surface area contributed by atoms with E-state index in [2.05, 4.69) is 15.6 Å². The molecule has 1 aromatic heterocycles. The second-order valence-electron chi connectivity index (χ2n) is 5.80. The fourth-order valence-electron chi connectivity index (χ4n) is 1.86. The van der Waals surface area contributed by atoms with Crippen LogP contribution in [0.2, 0.25) is 0 Å². The Kier molecular flexibility index (Phi) is 4.30. The molecule has 0 spiro atoms. The maximum Gasteiger partial charge on any atom is 0.408 e. The summed E-state index contributed by atoms with van der Waals surface area (Å²) in [5.74, 6) is -1.18. The van der Waals surface area contributed by atoms with E-state index in [9.17, 15) is 14.7 Å². The van der Waals surface area contributed by atoms with Crippen molar-refractivity contribution in [3.05, 3.63) is 24.3 Å². The standard InChI is InChI=1S/C14H18N4O4/c1-14(2,3)22-13(21)15-10(12(19)20)8-18-11-7-5-4-6-9(11)16-17-18/h4-7,10H,8H2,1-3H3,(H,15,21)(H,19,20)/t10-/m0/s1. The average molecular weight is 306 g/mol. The Morgan fingerprint density at radius 3 is 2.68 bits per heavy atom. The molecule has 1 aromatic carbocycles. The van der Waals surface area contributed by atoms with Crippen molar-refractivity contribution >= 4 is 23.1 Å². The molecule has 8 nitrogen and oxygen atoms in total. The first-order valence-corrected chi connectivity index (χ1v) is 6.77. The highest BCUT2D eigenvalue weighted by Gasteiger charge is 2.25. The van der Waals surface area contributed by atoms with E-state index in [1.54, 1.807) is 39.0 Å². The third-order valence-electron chi connectivity index (χ3n) is 2.76. The smallest absolute Gasteiger partial charge is 0.408 e. The fraction of sp³-hybridized carbons (Fsp3) is 0.429. The molecule has 2 N–H and O–H groups in total. The monoisotopic (exact) mass is 306 g/mol. The number of nitrogens with one attached hydrogen (secondary N) is 1. The van der Waals surface area contributed by atoms with Crippen molar-refractivity contribution in [2.24, 2.45) is 0 Å². The Bertz CT molecular complexity index is 689. The number of aromatic nitrogens is 3. The molecular formula is C14H18N4O4. The number of hydrogen-bond acceptors (Lipinski definition) is 5. The minimum atomic E-state index is -1.18. The molecule has 118 valence electrons. The van der Waals surface area contributed by atoms with Gasteiger partial charge in [-0.1, -0.05) is 17.3 Å². The number of benzene rings is 1. The predicted molar refractivity (Wildman–Crippen MR) is 78.3 cm³/mol. The summed E-state index contributed by atoms with van der Waals surface area (Å²) in [5.41, 5.74) is 0.649. The summed E-state index contributed by atoms with van der Waals surface area (Å²) in [5, 5.41) is 19.4. The SMILES string of the molecule is CC(C)(C)OC(=O)N[C@@H](Cn1nnc2ccccc21)C(=O)O. The van der Waals surface area contributed by atoms with Gasteiger partial charge in [0.2, 0.25) is 0 Å². The van der Waals surface area contributed by atoms with E-state index in [0.717, 1.165) is 0 Å². The Morgan fingerprint density at radius 2 is 2.05 bits per heavy atom. The van der Waals surface area contributed by atoms with Crippen molar-refractivity contribution in [1.82, 2.24) is 20.3 Å². The molecule has 22 heavy (non-hydrogen) atoms. The number of para-hydroxylation sites is 1. The summed E-state index contributed by atoms with van der Waals surface area (Å²) < 4.78 is 6.50.